The van der Waals surface area contributed by atoms with Gasteiger partial charge < -0.3 is 15.4 Å². The molecular weight excluding hydrogens is 452 g/mol. The minimum Gasteiger partial charge on any atom is -0.483 e. The molecule has 0 saturated carbocycles. The lowest BCUT2D eigenvalue weighted by Gasteiger charge is -2.10. The molecule has 0 aliphatic carbocycles. The van der Waals surface area contributed by atoms with Crippen molar-refractivity contribution < 1.29 is 19.1 Å². The Morgan fingerprint density at radius 1 is 1.10 bits per heavy atom. The highest BCUT2D eigenvalue weighted by Crippen LogP contribution is 2.22. The molecule has 0 unspecified atom stereocenters. The third kappa shape index (κ3) is 8.04. The number of hydrogen-bond donors (Lipinski definition) is 3. The molecule has 0 aliphatic rings. The fourth-order valence-electron chi connectivity index (χ4n) is 2.28. The number of benzene rings is 2. The van der Waals surface area contributed by atoms with E-state index in [9.17, 15) is 14.4 Å². The lowest BCUT2D eigenvalue weighted by molar-refractivity contribution is -0.139. The largest absolute Gasteiger partial charge is 0.483 e. The first kappa shape index (κ1) is 23.1. The molecule has 0 saturated heterocycles. The number of carbonyl (C=O) groups excluding carboxylic acids is 3. The fourth-order valence-corrected chi connectivity index (χ4v) is 2.66. The molecule has 30 heavy (non-hydrogen) atoms. The number of para-hydroxylation sites is 1. The van der Waals surface area contributed by atoms with Gasteiger partial charge in [0.25, 0.3) is 5.91 Å². The van der Waals surface area contributed by atoms with Crippen LogP contribution in [0.1, 0.15) is 25.3 Å². The first-order valence-electron chi connectivity index (χ1n) is 9.38. The third-order valence-corrected chi connectivity index (χ3v) is 4.27. The zero-order chi connectivity index (χ0) is 21.8. The molecule has 158 valence electrons. The quantitative estimate of drug-likeness (QED) is 0.224. The molecular formula is C21H23BrN4O4. The maximum atomic E-state index is 12.1. The zero-order valence-electron chi connectivity index (χ0n) is 16.5. The highest BCUT2D eigenvalue weighted by molar-refractivity contribution is 9.10. The van der Waals surface area contributed by atoms with E-state index < -0.39 is 11.8 Å². The van der Waals surface area contributed by atoms with Gasteiger partial charge in [0.05, 0.1) is 6.21 Å². The van der Waals surface area contributed by atoms with Gasteiger partial charge in [-0.15, -0.1) is 0 Å². The SMILES string of the molecule is CCCCNC(=O)C(=O)N/N=C\c1cc(Br)ccc1OCC(=O)Nc1ccccc1. The Bertz CT molecular complexity index is 903. The Balaban J connectivity index is 1.92. The van der Waals surface area contributed by atoms with Crippen molar-refractivity contribution in [1.29, 1.82) is 0 Å². The number of nitrogens with zero attached hydrogens (tertiary/aromatic N) is 1. The topological polar surface area (TPSA) is 109 Å². The molecule has 0 heterocycles. The summed E-state index contributed by atoms with van der Waals surface area (Å²) in [4.78, 5) is 35.4. The van der Waals surface area contributed by atoms with E-state index in [2.05, 4.69) is 37.1 Å². The second-order valence-electron chi connectivity index (χ2n) is 6.19. The fraction of sp³-hybridized carbons (Fsp3) is 0.238. The smallest absolute Gasteiger partial charge is 0.329 e. The number of hydrazone groups is 1. The molecule has 8 nitrogen and oxygen atoms in total. The van der Waals surface area contributed by atoms with Crippen LogP contribution in [0.25, 0.3) is 0 Å². The molecule has 0 spiro atoms. The highest BCUT2D eigenvalue weighted by atomic mass is 79.9. The van der Waals surface area contributed by atoms with Crippen molar-refractivity contribution >= 4 is 45.6 Å². The van der Waals surface area contributed by atoms with Crippen LogP contribution in [0.4, 0.5) is 5.69 Å². The molecule has 3 amide bonds. The van der Waals surface area contributed by atoms with E-state index in [0.29, 0.717) is 23.5 Å². The van der Waals surface area contributed by atoms with Gasteiger partial charge in [-0.2, -0.15) is 5.10 Å². The summed E-state index contributed by atoms with van der Waals surface area (Å²) in [5, 5.41) is 9.03. The van der Waals surface area contributed by atoms with E-state index in [-0.39, 0.29) is 12.5 Å². The maximum Gasteiger partial charge on any atom is 0.329 e. The number of amides is 3. The van der Waals surface area contributed by atoms with Crippen LogP contribution in [-0.2, 0) is 14.4 Å². The second kappa shape index (κ2) is 12.4. The van der Waals surface area contributed by atoms with E-state index >= 15 is 0 Å². The van der Waals surface area contributed by atoms with Gasteiger partial charge in [0.15, 0.2) is 6.61 Å². The summed E-state index contributed by atoms with van der Waals surface area (Å²) in [6.07, 6.45) is 3.04. The molecule has 0 aliphatic heterocycles. The van der Waals surface area contributed by atoms with Crippen molar-refractivity contribution in [1.82, 2.24) is 10.7 Å². The van der Waals surface area contributed by atoms with E-state index in [1.807, 2.05) is 25.1 Å². The van der Waals surface area contributed by atoms with Crippen molar-refractivity contribution in [2.75, 3.05) is 18.5 Å². The number of anilines is 1. The van der Waals surface area contributed by atoms with E-state index in [4.69, 9.17) is 4.74 Å². The Morgan fingerprint density at radius 3 is 2.60 bits per heavy atom. The van der Waals surface area contributed by atoms with Crippen LogP contribution in [0.3, 0.4) is 0 Å². The summed E-state index contributed by atoms with van der Waals surface area (Å²) < 4.78 is 6.34. The van der Waals surface area contributed by atoms with Gasteiger partial charge in [-0.3, -0.25) is 14.4 Å². The predicted molar refractivity (Wildman–Crippen MR) is 118 cm³/mol. The maximum absolute atomic E-state index is 12.1. The number of ether oxygens (including phenoxy) is 1. The molecule has 2 rings (SSSR count). The van der Waals surface area contributed by atoms with Crippen LogP contribution in [0.2, 0.25) is 0 Å². The van der Waals surface area contributed by atoms with Gasteiger partial charge >= 0.3 is 11.8 Å². The number of hydrogen-bond acceptors (Lipinski definition) is 5. The lowest BCUT2D eigenvalue weighted by atomic mass is 10.2. The zero-order valence-corrected chi connectivity index (χ0v) is 18.1. The lowest BCUT2D eigenvalue weighted by Crippen LogP contribution is -2.38. The Hall–Kier alpha value is -3.20. The summed E-state index contributed by atoms with van der Waals surface area (Å²) >= 11 is 3.35. The number of halogens is 1. The number of unbranched alkanes of at least 4 members (excludes halogenated alkanes) is 1. The van der Waals surface area contributed by atoms with Gasteiger partial charge in [-0.05, 0) is 36.8 Å². The monoisotopic (exact) mass is 474 g/mol. The summed E-state index contributed by atoms with van der Waals surface area (Å²) in [5.74, 6) is -1.53. The Labute approximate surface area is 183 Å². The van der Waals surface area contributed by atoms with Gasteiger partial charge in [0, 0.05) is 22.3 Å². The molecule has 9 heteroatoms. The molecule has 3 N–H and O–H groups in total. The van der Waals surface area contributed by atoms with Crippen molar-refractivity contribution in [3.63, 3.8) is 0 Å². The van der Waals surface area contributed by atoms with Crippen molar-refractivity contribution in [2.45, 2.75) is 19.8 Å². The summed E-state index contributed by atoms with van der Waals surface area (Å²) in [7, 11) is 0. The van der Waals surface area contributed by atoms with Crippen LogP contribution in [-0.4, -0.2) is 37.1 Å². The van der Waals surface area contributed by atoms with E-state index in [0.717, 1.165) is 17.3 Å². The second-order valence-corrected chi connectivity index (χ2v) is 7.11. The Kier molecular flexibility index (Phi) is 9.53. The molecule has 0 atom stereocenters. The van der Waals surface area contributed by atoms with Crippen molar-refractivity contribution in [2.24, 2.45) is 5.10 Å². The highest BCUT2D eigenvalue weighted by Gasteiger charge is 2.12. The summed E-state index contributed by atoms with van der Waals surface area (Å²) in [5.41, 5.74) is 3.36. The standard InChI is InChI=1S/C21H23BrN4O4/c1-2-3-11-23-20(28)21(29)26-24-13-15-12-16(22)9-10-18(15)30-14-19(27)25-17-7-5-4-6-8-17/h4-10,12-13H,2-3,11,14H2,1H3,(H,23,28)(H,25,27)(H,26,29)/b24-13-. The first-order valence-corrected chi connectivity index (χ1v) is 10.2. The minimum atomic E-state index is -0.859. The first-order chi connectivity index (χ1) is 14.5. The van der Waals surface area contributed by atoms with Crippen LogP contribution >= 0.6 is 15.9 Å². The number of rotatable bonds is 9. The van der Waals surface area contributed by atoms with E-state index in [1.165, 1.54) is 6.21 Å². The van der Waals surface area contributed by atoms with Crippen LogP contribution in [0.5, 0.6) is 5.75 Å². The van der Waals surface area contributed by atoms with Crippen molar-refractivity contribution in [3.8, 4) is 5.75 Å². The predicted octanol–water partition coefficient (Wildman–Crippen LogP) is 2.83. The van der Waals surface area contributed by atoms with Gasteiger partial charge in [0.2, 0.25) is 0 Å². The molecule has 0 aromatic heterocycles. The number of nitrogens with one attached hydrogen (secondary N) is 3. The Morgan fingerprint density at radius 2 is 1.87 bits per heavy atom. The summed E-state index contributed by atoms with van der Waals surface area (Å²) in [6, 6.07) is 14.2. The molecule has 0 bridgehead atoms. The normalized spacial score (nSPS) is 10.5. The van der Waals surface area contributed by atoms with E-state index in [1.54, 1.807) is 30.3 Å². The molecule has 2 aromatic carbocycles. The average Bonchev–Trinajstić information content (AvgIpc) is 2.74. The van der Waals surface area contributed by atoms with Crippen LogP contribution in [0.15, 0.2) is 58.1 Å². The number of carbonyl (C=O) groups is 3. The molecule has 0 radical (unpaired) electrons. The van der Waals surface area contributed by atoms with Gasteiger partial charge in [-0.25, -0.2) is 5.43 Å². The molecule has 2 aromatic rings. The molecule has 0 fully saturated rings. The third-order valence-electron chi connectivity index (χ3n) is 3.78. The van der Waals surface area contributed by atoms with Crippen molar-refractivity contribution in [3.05, 3.63) is 58.6 Å². The summed E-state index contributed by atoms with van der Waals surface area (Å²) in [6.45, 7) is 2.21. The van der Waals surface area contributed by atoms with Gasteiger partial charge in [0.1, 0.15) is 5.75 Å². The van der Waals surface area contributed by atoms with Crippen LogP contribution < -0.4 is 20.8 Å². The van der Waals surface area contributed by atoms with Crippen LogP contribution in [0, 0.1) is 0 Å². The average molecular weight is 475 g/mol. The minimum absolute atomic E-state index is 0.205. The van der Waals surface area contributed by atoms with Gasteiger partial charge in [-0.1, -0.05) is 47.5 Å².